The molecule has 7 heteroatoms. The van der Waals surface area contributed by atoms with Gasteiger partial charge in [0.15, 0.2) is 0 Å². The molecule has 3 atom stereocenters. The van der Waals surface area contributed by atoms with E-state index in [1.54, 1.807) is 7.11 Å². The highest BCUT2D eigenvalue weighted by atomic mass is 16.5. The second-order valence-corrected chi connectivity index (χ2v) is 9.86. The van der Waals surface area contributed by atoms with Crippen LogP contribution in [-0.4, -0.2) is 60.3 Å². The molecule has 1 aliphatic carbocycles. The maximum atomic E-state index is 13.0. The molecule has 0 aromatic heterocycles. The number of nitrogens with one attached hydrogen (secondary N) is 2. The summed E-state index contributed by atoms with van der Waals surface area (Å²) in [7, 11) is 1.63. The van der Waals surface area contributed by atoms with Gasteiger partial charge in [-0.25, -0.2) is 4.79 Å². The summed E-state index contributed by atoms with van der Waals surface area (Å²) in [5, 5.41) is 17.8. The molecule has 3 aliphatic rings. The number of aliphatic hydroxyl groups is 1. The number of nitrogens with zero attached hydrogens (tertiary/aromatic N) is 1. The molecule has 34 heavy (non-hydrogen) atoms. The summed E-state index contributed by atoms with van der Waals surface area (Å²) in [5.41, 5.74) is 1.55. The van der Waals surface area contributed by atoms with Crippen molar-refractivity contribution in [3.05, 3.63) is 65.2 Å². The van der Waals surface area contributed by atoms with E-state index in [4.69, 9.17) is 4.74 Å². The fourth-order valence-corrected chi connectivity index (χ4v) is 6.48. The van der Waals surface area contributed by atoms with Crippen LogP contribution in [0.4, 0.5) is 4.79 Å². The van der Waals surface area contributed by atoms with E-state index >= 15 is 0 Å². The van der Waals surface area contributed by atoms with E-state index in [2.05, 4.69) is 45.9 Å². The number of carbonyl (C=O) groups excluding carboxylic acids is 2. The largest absolute Gasteiger partial charge is 0.497 e. The lowest BCUT2D eigenvalue weighted by Gasteiger charge is -2.62. The van der Waals surface area contributed by atoms with Crippen molar-refractivity contribution < 1.29 is 19.4 Å². The van der Waals surface area contributed by atoms with Gasteiger partial charge in [0.25, 0.3) is 0 Å². The topological polar surface area (TPSA) is 90.9 Å². The summed E-state index contributed by atoms with van der Waals surface area (Å²) in [4.78, 5) is 27.6. The number of carbonyl (C=O) groups is 2. The molecule has 7 nitrogen and oxygen atoms in total. The summed E-state index contributed by atoms with van der Waals surface area (Å²) in [6.45, 7) is 2.05. The third-order valence-electron chi connectivity index (χ3n) is 8.16. The molecule has 2 heterocycles. The second kappa shape index (κ2) is 9.04. The van der Waals surface area contributed by atoms with Crippen LogP contribution >= 0.6 is 0 Å². The molecule has 3 N–H and O–H groups in total. The average molecular weight is 464 g/mol. The van der Waals surface area contributed by atoms with Crippen LogP contribution in [0.15, 0.2) is 48.5 Å². The smallest absolute Gasteiger partial charge is 0.321 e. The molecule has 5 rings (SSSR count). The fraction of sp³-hybridized carbons (Fsp3) is 0.481. The summed E-state index contributed by atoms with van der Waals surface area (Å²) in [5.74, 6) is 0.362. The molecular formula is C27H33N3O4. The van der Waals surface area contributed by atoms with E-state index in [1.165, 1.54) is 5.56 Å². The molecular weight excluding hydrogens is 430 g/mol. The van der Waals surface area contributed by atoms with Crippen LogP contribution in [0.5, 0.6) is 5.75 Å². The Hall–Kier alpha value is -2.90. The Morgan fingerprint density at radius 2 is 1.97 bits per heavy atom. The normalized spacial score (nSPS) is 29.3. The monoisotopic (exact) mass is 463 g/mol. The maximum Gasteiger partial charge on any atom is 0.321 e. The van der Waals surface area contributed by atoms with Gasteiger partial charge < -0.3 is 15.2 Å². The third-order valence-corrected chi connectivity index (χ3v) is 8.16. The van der Waals surface area contributed by atoms with E-state index < -0.39 is 17.0 Å². The first-order valence-corrected chi connectivity index (χ1v) is 12.2. The van der Waals surface area contributed by atoms with Crippen molar-refractivity contribution >= 4 is 11.9 Å². The predicted octanol–water partition coefficient (Wildman–Crippen LogP) is 2.55. The van der Waals surface area contributed by atoms with Gasteiger partial charge in [-0.05, 0) is 67.5 Å². The Balaban J connectivity index is 1.56. The molecule has 2 aliphatic heterocycles. The second-order valence-electron chi connectivity index (χ2n) is 9.86. The van der Waals surface area contributed by atoms with Crippen molar-refractivity contribution in [3.8, 4) is 5.75 Å². The van der Waals surface area contributed by atoms with Gasteiger partial charge >= 0.3 is 6.03 Å². The first kappa shape index (κ1) is 22.9. The number of benzene rings is 2. The summed E-state index contributed by atoms with van der Waals surface area (Å²) >= 11 is 0. The van der Waals surface area contributed by atoms with Crippen molar-refractivity contribution in [1.82, 2.24) is 15.5 Å². The number of hydrogen-bond donors (Lipinski definition) is 3. The lowest BCUT2D eigenvalue weighted by Crippen LogP contribution is -2.72. The Morgan fingerprint density at radius 3 is 2.76 bits per heavy atom. The molecule has 0 unspecified atom stereocenters. The zero-order valence-electron chi connectivity index (χ0n) is 19.7. The van der Waals surface area contributed by atoms with Crippen molar-refractivity contribution in [3.63, 3.8) is 0 Å². The Morgan fingerprint density at radius 1 is 1.15 bits per heavy atom. The van der Waals surface area contributed by atoms with E-state index in [0.717, 1.165) is 42.8 Å². The maximum absolute atomic E-state index is 13.0. The molecule has 2 fully saturated rings. The van der Waals surface area contributed by atoms with Crippen molar-refractivity contribution in [1.29, 1.82) is 0 Å². The Bertz CT molecular complexity index is 1070. The molecule has 2 saturated heterocycles. The van der Waals surface area contributed by atoms with Crippen LogP contribution in [0.3, 0.4) is 0 Å². The first-order chi connectivity index (χ1) is 16.4. The molecule has 0 spiro atoms. The van der Waals surface area contributed by atoms with E-state index in [9.17, 15) is 14.7 Å². The van der Waals surface area contributed by atoms with Gasteiger partial charge in [-0.1, -0.05) is 36.4 Å². The summed E-state index contributed by atoms with van der Waals surface area (Å²) < 4.78 is 5.52. The molecule has 2 bridgehead atoms. The van der Waals surface area contributed by atoms with Crippen molar-refractivity contribution in [2.24, 2.45) is 0 Å². The van der Waals surface area contributed by atoms with Gasteiger partial charge in [-0.3, -0.25) is 15.0 Å². The number of imide groups is 1. The number of methoxy groups -OCH3 is 1. The molecule has 2 aromatic carbocycles. The van der Waals surface area contributed by atoms with E-state index in [-0.39, 0.29) is 18.4 Å². The quantitative estimate of drug-likeness (QED) is 0.648. The first-order valence-electron chi connectivity index (χ1n) is 12.2. The van der Waals surface area contributed by atoms with Gasteiger partial charge in [0.1, 0.15) is 5.75 Å². The standard InChI is InChI=1S/C27H33N3O4/c1-34-21-9-8-20-16-23-27(33)11-5-13-28-25(32)29-24(31)18-26(27,22(20)17-21)12-15-30(23)14-10-19-6-3-2-4-7-19/h2-4,6-9,17,23,33H,5,10-16,18H2,1H3,(H2,28,29,31,32)/t23-,26-,27-/m1/s1. The number of rotatable bonds is 4. The predicted molar refractivity (Wildman–Crippen MR) is 129 cm³/mol. The van der Waals surface area contributed by atoms with Crippen LogP contribution in [0.2, 0.25) is 0 Å². The van der Waals surface area contributed by atoms with E-state index in [0.29, 0.717) is 25.8 Å². The van der Waals surface area contributed by atoms with Crippen LogP contribution < -0.4 is 15.4 Å². The fourth-order valence-electron chi connectivity index (χ4n) is 6.48. The number of amides is 3. The highest BCUT2D eigenvalue weighted by Crippen LogP contribution is 2.55. The molecule has 2 aromatic rings. The molecule has 3 amide bonds. The third kappa shape index (κ3) is 3.87. The summed E-state index contributed by atoms with van der Waals surface area (Å²) in [6, 6.07) is 15.9. The van der Waals surface area contributed by atoms with Crippen LogP contribution in [0, 0.1) is 0 Å². The minimum Gasteiger partial charge on any atom is -0.497 e. The van der Waals surface area contributed by atoms with Gasteiger partial charge in [-0.2, -0.15) is 0 Å². The number of hydrogen-bond acceptors (Lipinski definition) is 5. The van der Waals surface area contributed by atoms with Gasteiger partial charge in [-0.15, -0.1) is 0 Å². The van der Waals surface area contributed by atoms with Crippen molar-refractivity contribution in [2.75, 3.05) is 26.7 Å². The van der Waals surface area contributed by atoms with Gasteiger partial charge in [0.05, 0.1) is 12.7 Å². The average Bonchev–Trinajstić information content (AvgIpc) is 2.83. The van der Waals surface area contributed by atoms with Crippen LogP contribution in [-0.2, 0) is 23.1 Å². The van der Waals surface area contributed by atoms with Gasteiger partial charge in [0.2, 0.25) is 5.91 Å². The zero-order valence-corrected chi connectivity index (χ0v) is 19.7. The van der Waals surface area contributed by atoms with E-state index in [1.807, 2.05) is 18.2 Å². The molecule has 0 saturated carbocycles. The number of ether oxygens (including phenoxy) is 1. The SMILES string of the molecule is COc1ccc2c(c1)[C@]13CCN(CCc4ccccc4)[C@H](C2)[C@]1(O)CCCNC(=O)NC(=O)C3. The highest BCUT2D eigenvalue weighted by molar-refractivity contribution is 5.95. The Kier molecular flexibility index (Phi) is 6.08. The lowest BCUT2D eigenvalue weighted by molar-refractivity contribution is -0.160. The minimum atomic E-state index is -1.10. The van der Waals surface area contributed by atoms with Crippen LogP contribution in [0.1, 0.15) is 42.4 Å². The van der Waals surface area contributed by atoms with Crippen LogP contribution in [0.25, 0.3) is 0 Å². The Labute approximate surface area is 200 Å². The zero-order chi connectivity index (χ0) is 23.8. The molecule has 0 radical (unpaired) electrons. The number of urea groups is 1. The number of piperidine rings is 1. The summed E-state index contributed by atoms with van der Waals surface area (Å²) in [6.07, 6.45) is 3.50. The highest BCUT2D eigenvalue weighted by Gasteiger charge is 2.63. The van der Waals surface area contributed by atoms with Crippen molar-refractivity contribution in [2.45, 2.75) is 55.6 Å². The minimum absolute atomic E-state index is 0.0696. The number of fused-ring (bicyclic) bond motifs is 1. The lowest BCUT2D eigenvalue weighted by atomic mass is 9.52. The van der Waals surface area contributed by atoms with Gasteiger partial charge in [0, 0.05) is 31.0 Å². The number of likely N-dealkylation sites (tertiary alicyclic amines) is 1. The molecule has 180 valence electrons.